The summed E-state index contributed by atoms with van der Waals surface area (Å²) in [5.74, 6) is -0.458. The number of nitrogens with one attached hydrogen (secondary N) is 1. The molecule has 12 heteroatoms. The van der Waals surface area contributed by atoms with Gasteiger partial charge in [0, 0.05) is 6.42 Å². The molecule has 1 saturated heterocycles. The normalized spacial score (nSPS) is 16.0. The summed E-state index contributed by atoms with van der Waals surface area (Å²) in [6.07, 6.45) is 0.860. The van der Waals surface area contributed by atoms with Gasteiger partial charge in [-0.25, -0.2) is 9.03 Å². The summed E-state index contributed by atoms with van der Waals surface area (Å²) in [6.45, 7) is -0.376. The highest BCUT2D eigenvalue weighted by Crippen LogP contribution is 2.31. The third-order valence-electron chi connectivity index (χ3n) is 3.48. The van der Waals surface area contributed by atoms with Crippen molar-refractivity contribution in [2.75, 3.05) is 22.3 Å². The first-order chi connectivity index (χ1) is 11.7. The molecule has 2 aromatic rings. The zero-order valence-corrected chi connectivity index (χ0v) is 13.7. The average molecular weight is 365 g/mol. The summed E-state index contributed by atoms with van der Waals surface area (Å²) in [6, 6.07) is 4.49. The Morgan fingerprint density at radius 1 is 1.16 bits per heavy atom. The van der Waals surface area contributed by atoms with Gasteiger partial charge in [-0.05, 0) is 24.1 Å². The summed E-state index contributed by atoms with van der Waals surface area (Å²) < 4.78 is 26.3. The summed E-state index contributed by atoms with van der Waals surface area (Å²) in [5, 5.41) is 10.1. The highest BCUT2D eigenvalue weighted by atomic mass is 32.2. The number of aryl methyl sites for hydroxylation is 2. The lowest BCUT2D eigenvalue weighted by atomic mass is 10.1. The number of nitrogens with two attached hydrogens (primary N) is 2. The molecular formula is C13H15N7O4S. The monoisotopic (exact) mass is 365 g/mol. The number of carbonyl (C=O) groups is 1. The highest BCUT2D eigenvalue weighted by molar-refractivity contribution is 7.92. The second kappa shape index (κ2) is 6.05. The Hall–Kier alpha value is -3.15. The quantitative estimate of drug-likeness (QED) is 0.513. The van der Waals surface area contributed by atoms with Crippen LogP contribution in [0, 0.1) is 0 Å². The molecule has 1 fully saturated rings. The number of rotatable bonds is 4. The van der Waals surface area contributed by atoms with Crippen molar-refractivity contribution >= 4 is 33.7 Å². The van der Waals surface area contributed by atoms with E-state index in [1.807, 2.05) is 4.72 Å². The fraction of sp³-hybridized carbons (Fsp3) is 0.231. The van der Waals surface area contributed by atoms with E-state index in [1.54, 1.807) is 6.07 Å². The van der Waals surface area contributed by atoms with Crippen molar-refractivity contribution in [3.8, 4) is 5.75 Å². The topological polar surface area (TPSA) is 177 Å². The number of hydrogen-bond donors (Lipinski definition) is 4. The Labute approximate surface area is 142 Å². The number of phenolic OH excluding ortho intramolecular Hbond substituents is 1. The van der Waals surface area contributed by atoms with Crippen LogP contribution in [0.4, 0.5) is 17.6 Å². The molecule has 0 spiro atoms. The van der Waals surface area contributed by atoms with E-state index in [2.05, 4.69) is 15.0 Å². The van der Waals surface area contributed by atoms with Gasteiger partial charge in [-0.2, -0.15) is 23.4 Å². The molecule has 0 atom stereocenters. The van der Waals surface area contributed by atoms with E-state index >= 15 is 0 Å². The molecule has 6 N–H and O–H groups in total. The molecule has 1 aliphatic heterocycles. The first-order valence-electron chi connectivity index (χ1n) is 7.16. The summed E-state index contributed by atoms with van der Waals surface area (Å²) >= 11 is 0. The molecule has 1 aliphatic rings. The van der Waals surface area contributed by atoms with Crippen LogP contribution in [0.3, 0.4) is 0 Å². The molecule has 0 unspecified atom stereocenters. The van der Waals surface area contributed by atoms with Crippen molar-refractivity contribution in [2.45, 2.75) is 12.8 Å². The van der Waals surface area contributed by atoms with E-state index < -0.39 is 16.1 Å². The molecule has 0 saturated carbocycles. The molecule has 0 radical (unpaired) electrons. The summed E-state index contributed by atoms with van der Waals surface area (Å²) in [7, 11) is -3.97. The van der Waals surface area contributed by atoms with Gasteiger partial charge >= 0.3 is 10.2 Å². The predicted molar refractivity (Wildman–Crippen MR) is 88.6 cm³/mol. The first kappa shape index (κ1) is 16.7. The van der Waals surface area contributed by atoms with Crippen LogP contribution in [0.1, 0.15) is 11.4 Å². The lowest BCUT2D eigenvalue weighted by molar-refractivity contribution is -0.117. The second-order valence-corrected chi connectivity index (χ2v) is 6.92. The van der Waals surface area contributed by atoms with Crippen LogP contribution in [0.2, 0.25) is 0 Å². The molecule has 1 amide bonds. The summed E-state index contributed by atoms with van der Waals surface area (Å²) in [5.41, 5.74) is 11.7. The van der Waals surface area contributed by atoms with Crippen LogP contribution >= 0.6 is 0 Å². The Bertz CT molecular complexity index is 927. The molecule has 11 nitrogen and oxygen atoms in total. The van der Waals surface area contributed by atoms with Gasteiger partial charge < -0.3 is 16.6 Å². The maximum atomic E-state index is 11.8. The number of nitrogen functional groups attached to an aromatic ring is 2. The van der Waals surface area contributed by atoms with E-state index in [0.29, 0.717) is 18.7 Å². The minimum absolute atomic E-state index is 0.0238. The minimum Gasteiger partial charge on any atom is -0.506 e. The molecule has 1 aromatic carbocycles. The van der Waals surface area contributed by atoms with Crippen molar-refractivity contribution in [3.05, 3.63) is 29.6 Å². The van der Waals surface area contributed by atoms with Gasteiger partial charge in [0.05, 0.1) is 5.69 Å². The Morgan fingerprint density at radius 2 is 1.84 bits per heavy atom. The average Bonchev–Trinajstić information content (AvgIpc) is 2.77. The Kier molecular flexibility index (Phi) is 4.04. The molecule has 2 heterocycles. The largest absolute Gasteiger partial charge is 0.506 e. The maximum Gasteiger partial charge on any atom is 0.326 e. The molecule has 0 bridgehead atoms. The second-order valence-electron chi connectivity index (χ2n) is 5.33. The number of carbonyl (C=O) groups excluding carboxylic acids is 1. The minimum atomic E-state index is -3.97. The van der Waals surface area contributed by atoms with Crippen LogP contribution in [0.25, 0.3) is 0 Å². The van der Waals surface area contributed by atoms with Crippen molar-refractivity contribution in [1.29, 1.82) is 0 Å². The van der Waals surface area contributed by atoms with Crippen LogP contribution < -0.4 is 20.5 Å². The Balaban J connectivity index is 1.77. The fourth-order valence-corrected chi connectivity index (χ4v) is 3.58. The molecule has 1 aromatic heterocycles. The number of nitrogens with zero attached hydrogens (tertiary/aromatic N) is 4. The number of anilines is 3. The number of benzene rings is 1. The van der Waals surface area contributed by atoms with E-state index in [9.17, 15) is 18.3 Å². The van der Waals surface area contributed by atoms with Gasteiger partial charge in [0.1, 0.15) is 18.1 Å². The lowest BCUT2D eigenvalue weighted by Crippen LogP contribution is -2.29. The number of hydrogen-bond acceptors (Lipinski definition) is 9. The molecular weight excluding hydrogens is 350 g/mol. The summed E-state index contributed by atoms with van der Waals surface area (Å²) in [4.78, 5) is 22.9. The van der Waals surface area contributed by atoms with Gasteiger partial charge in [-0.15, -0.1) is 0 Å². The SMILES string of the molecule is Nc1nc(N)nc(CCc2ccc(N3CC(=O)NS3(=O)=O)c(O)c2)n1. The molecule has 25 heavy (non-hydrogen) atoms. The standard InChI is InChI=1S/C13H15N7O4S/c14-12-16-10(17-13(15)18-12)4-2-7-1-3-8(9(21)5-7)20-6-11(22)19-25(20,23)24/h1,3,5,21H,2,4,6H2,(H,19,22)(H4,14,15,16,17,18). The third-order valence-corrected chi connectivity index (χ3v) is 4.87. The van der Waals surface area contributed by atoms with Gasteiger partial charge in [-0.1, -0.05) is 6.07 Å². The van der Waals surface area contributed by atoms with Gasteiger partial charge in [0.15, 0.2) is 0 Å². The van der Waals surface area contributed by atoms with E-state index in [-0.39, 0.29) is 29.9 Å². The van der Waals surface area contributed by atoms with Crippen molar-refractivity contribution in [1.82, 2.24) is 19.7 Å². The number of aromatic hydroxyl groups is 1. The molecule has 3 rings (SSSR count). The van der Waals surface area contributed by atoms with E-state index in [4.69, 9.17) is 11.5 Å². The van der Waals surface area contributed by atoms with Gasteiger partial charge in [-0.3, -0.25) is 4.79 Å². The van der Waals surface area contributed by atoms with Crippen LogP contribution in [0.15, 0.2) is 18.2 Å². The Morgan fingerprint density at radius 3 is 2.40 bits per heavy atom. The first-order valence-corrected chi connectivity index (χ1v) is 8.60. The van der Waals surface area contributed by atoms with Gasteiger partial charge in [0.25, 0.3) is 5.91 Å². The smallest absolute Gasteiger partial charge is 0.326 e. The van der Waals surface area contributed by atoms with Crippen molar-refractivity contribution in [2.24, 2.45) is 0 Å². The van der Waals surface area contributed by atoms with E-state index in [0.717, 1.165) is 9.87 Å². The number of phenols is 1. The molecule has 0 aliphatic carbocycles. The zero-order valence-electron chi connectivity index (χ0n) is 12.9. The number of amides is 1. The van der Waals surface area contributed by atoms with Gasteiger partial charge in [0.2, 0.25) is 11.9 Å². The van der Waals surface area contributed by atoms with Crippen LogP contribution in [-0.2, 0) is 27.8 Å². The zero-order chi connectivity index (χ0) is 18.2. The van der Waals surface area contributed by atoms with Crippen molar-refractivity contribution in [3.63, 3.8) is 0 Å². The van der Waals surface area contributed by atoms with Crippen LogP contribution in [0.5, 0.6) is 5.75 Å². The third kappa shape index (κ3) is 3.52. The van der Waals surface area contributed by atoms with Crippen LogP contribution in [-0.4, -0.2) is 40.9 Å². The fourth-order valence-electron chi connectivity index (χ4n) is 2.42. The lowest BCUT2D eigenvalue weighted by Gasteiger charge is -2.16. The van der Waals surface area contributed by atoms with Crippen molar-refractivity contribution < 1.29 is 18.3 Å². The number of aromatic nitrogens is 3. The highest BCUT2D eigenvalue weighted by Gasteiger charge is 2.35. The maximum absolute atomic E-state index is 11.8. The molecule has 132 valence electrons. The van der Waals surface area contributed by atoms with E-state index in [1.165, 1.54) is 12.1 Å². The predicted octanol–water partition coefficient (Wildman–Crippen LogP) is -1.29.